The van der Waals surface area contributed by atoms with Gasteiger partial charge in [0, 0.05) is 6.54 Å². The highest BCUT2D eigenvalue weighted by molar-refractivity contribution is 5.47. The molecule has 0 saturated heterocycles. The van der Waals surface area contributed by atoms with Gasteiger partial charge >= 0.3 is 0 Å². The van der Waals surface area contributed by atoms with Gasteiger partial charge in [0.25, 0.3) is 0 Å². The van der Waals surface area contributed by atoms with Crippen LogP contribution in [0, 0.1) is 0 Å². The first-order valence-electron chi connectivity index (χ1n) is 9.56. The molecule has 1 aromatic carbocycles. The van der Waals surface area contributed by atoms with Gasteiger partial charge in [0.1, 0.15) is 5.75 Å². The second-order valence-electron chi connectivity index (χ2n) is 7.02. The highest BCUT2D eigenvalue weighted by Crippen LogP contribution is 2.37. The van der Waals surface area contributed by atoms with Gasteiger partial charge in [-0.05, 0) is 67.3 Å². The Balaban J connectivity index is 3.20. The van der Waals surface area contributed by atoms with Crippen molar-refractivity contribution < 1.29 is 5.11 Å². The minimum absolute atomic E-state index is 0.406. The molecule has 23 heavy (non-hydrogen) atoms. The van der Waals surface area contributed by atoms with Crippen molar-refractivity contribution in [3.63, 3.8) is 0 Å². The van der Waals surface area contributed by atoms with E-state index in [0.717, 1.165) is 43.6 Å². The van der Waals surface area contributed by atoms with E-state index >= 15 is 0 Å². The average molecular weight is 320 g/mol. The summed E-state index contributed by atoms with van der Waals surface area (Å²) in [4.78, 5) is 2.53. The van der Waals surface area contributed by atoms with Gasteiger partial charge in [-0.3, -0.25) is 4.90 Å². The average Bonchev–Trinajstić information content (AvgIpc) is 2.55. The summed E-state index contributed by atoms with van der Waals surface area (Å²) >= 11 is 0. The third kappa shape index (κ3) is 5.53. The lowest BCUT2D eigenvalue weighted by Crippen LogP contribution is -2.25. The van der Waals surface area contributed by atoms with Crippen molar-refractivity contribution in [2.75, 3.05) is 13.1 Å². The van der Waals surface area contributed by atoms with Crippen LogP contribution in [0.4, 0.5) is 0 Å². The number of hydrogen-bond acceptors (Lipinski definition) is 2. The first-order valence-corrected chi connectivity index (χ1v) is 9.56. The molecule has 0 spiro atoms. The van der Waals surface area contributed by atoms with E-state index in [2.05, 4.69) is 58.6 Å². The largest absolute Gasteiger partial charge is 0.507 e. The first-order chi connectivity index (χ1) is 11.0. The van der Waals surface area contributed by atoms with Crippen LogP contribution in [0.5, 0.6) is 5.75 Å². The van der Waals surface area contributed by atoms with Gasteiger partial charge in [0.2, 0.25) is 0 Å². The maximum absolute atomic E-state index is 10.7. The molecule has 2 unspecified atom stereocenters. The second kappa shape index (κ2) is 9.97. The van der Waals surface area contributed by atoms with E-state index in [1.165, 1.54) is 18.4 Å². The molecule has 0 heterocycles. The Bertz CT molecular complexity index is 432. The van der Waals surface area contributed by atoms with Gasteiger partial charge in [0.15, 0.2) is 0 Å². The van der Waals surface area contributed by atoms with Crippen molar-refractivity contribution in [3.8, 4) is 5.75 Å². The highest BCUT2D eigenvalue weighted by Gasteiger charge is 2.18. The van der Waals surface area contributed by atoms with Crippen LogP contribution in [0.1, 0.15) is 95.8 Å². The summed E-state index contributed by atoms with van der Waals surface area (Å²) in [6.07, 6.45) is 4.50. The van der Waals surface area contributed by atoms with E-state index in [4.69, 9.17) is 0 Å². The molecule has 2 atom stereocenters. The van der Waals surface area contributed by atoms with Crippen molar-refractivity contribution in [3.05, 3.63) is 28.8 Å². The molecule has 0 saturated carbocycles. The Morgan fingerprint density at radius 3 is 1.65 bits per heavy atom. The normalized spacial score (nSPS) is 14.2. The van der Waals surface area contributed by atoms with Gasteiger partial charge in [-0.25, -0.2) is 0 Å². The van der Waals surface area contributed by atoms with Gasteiger partial charge in [-0.15, -0.1) is 0 Å². The molecule has 0 amide bonds. The standard InChI is InChI=1S/C21H37NO/c1-7-11-22(12-8-2)15-18-13-19(16(5)9-3)21(23)20(14-18)17(6)10-4/h13-14,16-17,23H,7-12,15H2,1-6H3. The van der Waals surface area contributed by atoms with Crippen molar-refractivity contribution in [2.24, 2.45) is 0 Å². The predicted octanol–water partition coefficient (Wildman–Crippen LogP) is 6.04. The lowest BCUT2D eigenvalue weighted by molar-refractivity contribution is 0.266. The lowest BCUT2D eigenvalue weighted by Gasteiger charge is -2.24. The van der Waals surface area contributed by atoms with Gasteiger partial charge < -0.3 is 5.11 Å². The molecule has 0 fully saturated rings. The van der Waals surface area contributed by atoms with Crippen LogP contribution in [-0.4, -0.2) is 23.1 Å². The van der Waals surface area contributed by atoms with E-state index in [-0.39, 0.29) is 0 Å². The number of hydrogen-bond donors (Lipinski definition) is 1. The Hall–Kier alpha value is -1.02. The second-order valence-corrected chi connectivity index (χ2v) is 7.02. The summed E-state index contributed by atoms with van der Waals surface area (Å²) < 4.78 is 0. The lowest BCUT2D eigenvalue weighted by atomic mass is 9.88. The Morgan fingerprint density at radius 2 is 1.30 bits per heavy atom. The molecule has 1 N–H and O–H groups in total. The Kier molecular flexibility index (Phi) is 8.68. The van der Waals surface area contributed by atoms with Gasteiger partial charge in [0.05, 0.1) is 0 Å². The van der Waals surface area contributed by atoms with E-state index in [9.17, 15) is 5.11 Å². The number of benzene rings is 1. The van der Waals surface area contributed by atoms with Crippen LogP contribution >= 0.6 is 0 Å². The minimum Gasteiger partial charge on any atom is -0.507 e. The molecule has 0 radical (unpaired) electrons. The molecule has 1 rings (SSSR count). The van der Waals surface area contributed by atoms with Gasteiger partial charge in [-0.1, -0.05) is 53.7 Å². The molecular formula is C21H37NO. The predicted molar refractivity (Wildman–Crippen MR) is 101 cm³/mol. The fourth-order valence-corrected chi connectivity index (χ4v) is 3.19. The first kappa shape index (κ1) is 20.0. The molecular weight excluding hydrogens is 282 g/mol. The molecule has 132 valence electrons. The number of aromatic hydroxyl groups is 1. The molecule has 1 aromatic rings. The van der Waals surface area contributed by atoms with E-state index in [0.29, 0.717) is 17.6 Å². The third-order valence-corrected chi connectivity index (χ3v) is 5.00. The fraction of sp³-hybridized carbons (Fsp3) is 0.714. The summed E-state index contributed by atoms with van der Waals surface area (Å²) in [5.41, 5.74) is 3.62. The number of rotatable bonds is 10. The third-order valence-electron chi connectivity index (χ3n) is 5.00. The van der Waals surface area contributed by atoms with Crippen LogP contribution in [0.2, 0.25) is 0 Å². The molecule has 0 bridgehead atoms. The SMILES string of the molecule is CCCN(CCC)Cc1cc(C(C)CC)c(O)c(C(C)CC)c1. The van der Waals surface area contributed by atoms with Crippen LogP contribution in [0.25, 0.3) is 0 Å². The topological polar surface area (TPSA) is 23.5 Å². The summed E-state index contributed by atoms with van der Waals surface area (Å²) in [5.74, 6) is 1.35. The molecule has 0 aliphatic carbocycles. The molecule has 2 heteroatoms. The zero-order valence-corrected chi connectivity index (χ0v) is 16.2. The van der Waals surface area contributed by atoms with Crippen molar-refractivity contribution in [2.45, 2.75) is 85.6 Å². The zero-order valence-electron chi connectivity index (χ0n) is 16.2. The van der Waals surface area contributed by atoms with Gasteiger partial charge in [-0.2, -0.15) is 0 Å². The van der Waals surface area contributed by atoms with Crippen molar-refractivity contribution in [1.82, 2.24) is 4.90 Å². The smallest absolute Gasteiger partial charge is 0.122 e. The quantitative estimate of drug-likeness (QED) is 0.568. The number of phenolic OH excluding ortho intramolecular Hbond substituents is 1. The summed E-state index contributed by atoms with van der Waals surface area (Å²) in [7, 11) is 0. The van der Waals surface area contributed by atoms with Crippen LogP contribution < -0.4 is 0 Å². The van der Waals surface area contributed by atoms with E-state index in [1.807, 2.05) is 0 Å². The van der Waals surface area contributed by atoms with Crippen molar-refractivity contribution in [1.29, 1.82) is 0 Å². The van der Waals surface area contributed by atoms with Crippen LogP contribution in [0.15, 0.2) is 12.1 Å². The van der Waals surface area contributed by atoms with Crippen molar-refractivity contribution >= 4 is 0 Å². The maximum Gasteiger partial charge on any atom is 0.122 e. The van der Waals surface area contributed by atoms with Crippen LogP contribution in [-0.2, 0) is 6.54 Å². The molecule has 0 aliphatic rings. The molecule has 0 aliphatic heterocycles. The Morgan fingerprint density at radius 1 is 0.870 bits per heavy atom. The van der Waals surface area contributed by atoms with Crippen LogP contribution in [0.3, 0.4) is 0 Å². The minimum atomic E-state index is 0.406. The summed E-state index contributed by atoms with van der Waals surface area (Å²) in [6.45, 7) is 16.6. The van der Waals surface area contributed by atoms with E-state index in [1.54, 1.807) is 0 Å². The maximum atomic E-state index is 10.7. The number of nitrogens with zero attached hydrogens (tertiary/aromatic N) is 1. The molecule has 0 aromatic heterocycles. The summed E-state index contributed by atoms with van der Waals surface area (Å²) in [5, 5.41) is 10.7. The number of phenols is 1. The Labute approximate surface area is 143 Å². The van der Waals surface area contributed by atoms with E-state index < -0.39 is 0 Å². The summed E-state index contributed by atoms with van der Waals surface area (Å²) in [6, 6.07) is 4.49. The monoisotopic (exact) mass is 319 g/mol. The zero-order chi connectivity index (χ0) is 17.4. The molecule has 2 nitrogen and oxygen atoms in total. The fourth-order valence-electron chi connectivity index (χ4n) is 3.19. The highest BCUT2D eigenvalue weighted by atomic mass is 16.3.